The summed E-state index contributed by atoms with van der Waals surface area (Å²) in [4.78, 5) is 15.1. The molecule has 1 atom stereocenters. The highest BCUT2D eigenvalue weighted by Crippen LogP contribution is 2.09. The summed E-state index contributed by atoms with van der Waals surface area (Å²) in [5.74, 6) is -0.905. The van der Waals surface area contributed by atoms with Gasteiger partial charge in [-0.15, -0.1) is 0 Å². The Morgan fingerprint density at radius 2 is 2.06 bits per heavy atom. The highest BCUT2D eigenvalue weighted by molar-refractivity contribution is 6.30. The molecule has 0 aliphatic carbocycles. The van der Waals surface area contributed by atoms with Gasteiger partial charge in [-0.1, -0.05) is 23.7 Å². The lowest BCUT2D eigenvalue weighted by atomic mass is 10.1. The zero-order valence-corrected chi connectivity index (χ0v) is 10.8. The molecule has 0 radical (unpaired) electrons. The number of carboxylic acid groups (broad SMARTS) is 1. The van der Waals surface area contributed by atoms with E-state index < -0.39 is 12.0 Å². The van der Waals surface area contributed by atoms with Crippen molar-refractivity contribution in [1.82, 2.24) is 0 Å². The molecule has 1 aromatic rings. The Labute approximate surface area is 111 Å². The van der Waals surface area contributed by atoms with Gasteiger partial charge in [0.25, 0.3) is 0 Å². The number of nitrogens with zero attached hydrogens (tertiary/aromatic N) is 1. The Balaban J connectivity index is 2.59. The van der Waals surface area contributed by atoms with Crippen molar-refractivity contribution in [2.45, 2.75) is 25.3 Å². The van der Waals surface area contributed by atoms with E-state index in [0.717, 1.165) is 18.4 Å². The van der Waals surface area contributed by atoms with E-state index in [1.807, 2.05) is 0 Å². The second kappa shape index (κ2) is 7.84. The Bertz CT molecular complexity index is 404. The average Bonchev–Trinajstić information content (AvgIpc) is 2.35. The maximum Gasteiger partial charge on any atom is 0.328 e. The first-order valence-corrected chi connectivity index (χ1v) is 6.23. The molecule has 0 fully saturated rings. The van der Waals surface area contributed by atoms with Gasteiger partial charge in [0, 0.05) is 11.2 Å². The average molecular weight is 269 g/mol. The number of hydrogen-bond donors (Lipinski definition) is 2. The molecule has 0 aliphatic rings. The monoisotopic (exact) mass is 268 g/mol. The Hall–Kier alpha value is -1.39. The summed E-state index contributed by atoms with van der Waals surface area (Å²) in [7, 11) is 0. The summed E-state index contributed by atoms with van der Waals surface area (Å²) in [5.41, 5.74) is 6.21. The highest BCUT2D eigenvalue weighted by atomic mass is 35.5. The number of nitrogens with two attached hydrogens (primary N) is 1. The van der Waals surface area contributed by atoms with E-state index in [4.69, 9.17) is 22.4 Å². The normalized spacial score (nSPS) is 12.8. The molecule has 0 spiro atoms. The number of aliphatic imine (C=N–C) groups is 1. The minimum absolute atomic E-state index is 0.511. The van der Waals surface area contributed by atoms with Gasteiger partial charge in [0.15, 0.2) is 0 Å². The van der Waals surface area contributed by atoms with Gasteiger partial charge in [0.1, 0.15) is 6.04 Å². The second-order valence-electron chi connectivity index (χ2n) is 3.97. The fraction of sp³-hybridized carbons (Fsp3) is 0.385. The number of carboxylic acids is 1. The third kappa shape index (κ3) is 5.29. The topological polar surface area (TPSA) is 75.7 Å². The molecule has 0 unspecified atom stereocenters. The third-order valence-corrected chi connectivity index (χ3v) is 2.74. The van der Waals surface area contributed by atoms with Crippen LogP contribution in [0.15, 0.2) is 29.3 Å². The molecule has 5 heteroatoms. The maximum absolute atomic E-state index is 11.0. The molecule has 0 saturated carbocycles. The minimum atomic E-state index is -0.905. The van der Waals surface area contributed by atoms with Crippen LogP contribution in [-0.4, -0.2) is 29.9 Å². The fourth-order valence-corrected chi connectivity index (χ4v) is 1.59. The molecule has 0 aliphatic heterocycles. The van der Waals surface area contributed by atoms with Crippen LogP contribution < -0.4 is 5.73 Å². The van der Waals surface area contributed by atoms with E-state index in [2.05, 4.69) is 4.99 Å². The van der Waals surface area contributed by atoms with Gasteiger partial charge in [0.05, 0.1) is 0 Å². The van der Waals surface area contributed by atoms with Gasteiger partial charge in [-0.05, 0) is 43.5 Å². The predicted octanol–water partition coefficient (Wildman–Crippen LogP) is 2.34. The van der Waals surface area contributed by atoms with Crippen molar-refractivity contribution >= 4 is 23.8 Å². The van der Waals surface area contributed by atoms with E-state index in [-0.39, 0.29) is 0 Å². The maximum atomic E-state index is 11.0. The molecule has 0 saturated heterocycles. The Morgan fingerprint density at radius 3 is 2.61 bits per heavy atom. The van der Waals surface area contributed by atoms with Gasteiger partial charge in [0.2, 0.25) is 0 Å². The first-order chi connectivity index (χ1) is 8.63. The van der Waals surface area contributed by atoms with E-state index in [9.17, 15) is 4.79 Å². The summed E-state index contributed by atoms with van der Waals surface area (Å²) < 4.78 is 0. The first-order valence-electron chi connectivity index (χ1n) is 5.85. The van der Waals surface area contributed by atoms with Crippen LogP contribution in [-0.2, 0) is 4.79 Å². The van der Waals surface area contributed by atoms with Gasteiger partial charge in [-0.3, -0.25) is 4.99 Å². The Kier molecular flexibility index (Phi) is 6.39. The first kappa shape index (κ1) is 14.7. The van der Waals surface area contributed by atoms with E-state index in [1.165, 1.54) is 0 Å². The number of carbonyl (C=O) groups is 1. The SMILES string of the molecule is NCCCC[C@H](N=Cc1ccc(Cl)cc1)C(=O)O. The van der Waals surface area contributed by atoms with Gasteiger partial charge in [-0.25, -0.2) is 4.79 Å². The quantitative estimate of drug-likeness (QED) is 0.589. The molecule has 18 heavy (non-hydrogen) atoms. The number of halogens is 1. The minimum Gasteiger partial charge on any atom is -0.480 e. The van der Waals surface area contributed by atoms with Crippen molar-refractivity contribution in [3.8, 4) is 0 Å². The van der Waals surface area contributed by atoms with Crippen LogP contribution in [0.25, 0.3) is 0 Å². The van der Waals surface area contributed by atoms with Crippen molar-refractivity contribution in [1.29, 1.82) is 0 Å². The van der Waals surface area contributed by atoms with E-state index >= 15 is 0 Å². The number of unbranched alkanes of at least 4 members (excludes halogenated alkanes) is 1. The van der Waals surface area contributed by atoms with Gasteiger partial charge in [-0.2, -0.15) is 0 Å². The molecule has 1 rings (SSSR count). The molecule has 98 valence electrons. The van der Waals surface area contributed by atoms with Crippen LogP contribution in [0, 0.1) is 0 Å². The van der Waals surface area contributed by atoms with Crippen LogP contribution in [0.5, 0.6) is 0 Å². The van der Waals surface area contributed by atoms with E-state index in [0.29, 0.717) is 18.0 Å². The lowest BCUT2D eigenvalue weighted by Crippen LogP contribution is -2.18. The standard InChI is InChI=1S/C13H17ClN2O2/c14-11-6-4-10(5-7-11)9-16-12(13(17)18)3-1-2-8-15/h4-7,9,12H,1-3,8,15H2,(H,17,18)/t12-/m0/s1. The highest BCUT2D eigenvalue weighted by Gasteiger charge is 2.14. The molecular weight excluding hydrogens is 252 g/mol. The molecule has 0 aromatic heterocycles. The predicted molar refractivity (Wildman–Crippen MR) is 73.4 cm³/mol. The lowest BCUT2D eigenvalue weighted by Gasteiger charge is -2.06. The molecule has 4 nitrogen and oxygen atoms in total. The summed E-state index contributed by atoms with van der Waals surface area (Å²) >= 11 is 5.76. The number of rotatable bonds is 7. The van der Waals surface area contributed by atoms with Crippen LogP contribution in [0.4, 0.5) is 0 Å². The molecule has 1 aromatic carbocycles. The van der Waals surface area contributed by atoms with Crippen molar-refractivity contribution in [3.05, 3.63) is 34.9 Å². The van der Waals surface area contributed by atoms with E-state index in [1.54, 1.807) is 30.5 Å². The van der Waals surface area contributed by atoms with Gasteiger partial charge >= 0.3 is 5.97 Å². The molecule has 0 bridgehead atoms. The fourth-order valence-electron chi connectivity index (χ4n) is 1.47. The van der Waals surface area contributed by atoms with Crippen molar-refractivity contribution in [2.75, 3.05) is 6.54 Å². The Morgan fingerprint density at radius 1 is 1.39 bits per heavy atom. The number of hydrogen-bond acceptors (Lipinski definition) is 3. The van der Waals surface area contributed by atoms with Crippen LogP contribution >= 0.6 is 11.6 Å². The molecule has 3 N–H and O–H groups in total. The summed E-state index contributed by atoms with van der Waals surface area (Å²) in [6.45, 7) is 0.577. The zero-order chi connectivity index (χ0) is 13.4. The van der Waals surface area contributed by atoms with Crippen LogP contribution in [0.2, 0.25) is 5.02 Å². The smallest absolute Gasteiger partial charge is 0.328 e. The second-order valence-corrected chi connectivity index (χ2v) is 4.40. The van der Waals surface area contributed by atoms with Crippen molar-refractivity contribution in [3.63, 3.8) is 0 Å². The third-order valence-electron chi connectivity index (χ3n) is 2.49. The van der Waals surface area contributed by atoms with Crippen molar-refractivity contribution in [2.24, 2.45) is 10.7 Å². The van der Waals surface area contributed by atoms with Crippen LogP contribution in [0.3, 0.4) is 0 Å². The zero-order valence-electron chi connectivity index (χ0n) is 10.1. The number of benzene rings is 1. The molecule has 0 heterocycles. The lowest BCUT2D eigenvalue weighted by molar-refractivity contribution is -0.138. The summed E-state index contributed by atoms with van der Waals surface area (Å²) in [6, 6.07) is 6.38. The van der Waals surface area contributed by atoms with Crippen LogP contribution in [0.1, 0.15) is 24.8 Å². The summed E-state index contributed by atoms with van der Waals surface area (Å²) in [5, 5.41) is 9.67. The molecular formula is C13H17ClN2O2. The number of aliphatic carboxylic acids is 1. The summed E-state index contributed by atoms with van der Waals surface area (Å²) in [6.07, 6.45) is 3.67. The largest absolute Gasteiger partial charge is 0.480 e. The molecule has 0 amide bonds. The van der Waals surface area contributed by atoms with Gasteiger partial charge < -0.3 is 10.8 Å². The van der Waals surface area contributed by atoms with Crippen molar-refractivity contribution < 1.29 is 9.90 Å².